The Hall–Kier alpha value is -2.79. The van der Waals surface area contributed by atoms with Gasteiger partial charge in [-0.2, -0.15) is 0 Å². The lowest BCUT2D eigenvalue weighted by molar-refractivity contribution is -0.153. The standard InChI is InChI=1S/C30H33FN2O2/c31-26-5-2-21(3-6-26)19-30(10-13-35-14-11-30)29(34)33-27-7-8-28(33)18-23(17-27)15-22-1-4-25-20-32-12-9-24(25)16-22/h1-6,9,12,16,20,23,27-28H,7-8,10-11,13-15,17-19H2. The molecule has 3 saturated heterocycles. The van der Waals surface area contributed by atoms with Crippen LogP contribution in [0.15, 0.2) is 60.9 Å². The van der Waals surface area contributed by atoms with Crippen molar-refractivity contribution in [1.29, 1.82) is 0 Å². The minimum Gasteiger partial charge on any atom is -0.381 e. The van der Waals surface area contributed by atoms with Gasteiger partial charge in [0.05, 0.1) is 5.41 Å². The first-order valence-corrected chi connectivity index (χ1v) is 13.1. The van der Waals surface area contributed by atoms with Crippen molar-refractivity contribution >= 4 is 16.7 Å². The molecule has 0 N–H and O–H groups in total. The average Bonchev–Trinajstić information content (AvgIpc) is 3.15. The summed E-state index contributed by atoms with van der Waals surface area (Å²) in [5, 5.41) is 2.43. The van der Waals surface area contributed by atoms with E-state index < -0.39 is 5.41 Å². The Balaban J connectivity index is 1.19. The number of rotatable bonds is 5. The molecule has 2 aromatic carbocycles. The van der Waals surface area contributed by atoms with Gasteiger partial charge in [-0.1, -0.05) is 30.3 Å². The van der Waals surface area contributed by atoms with Crippen LogP contribution in [0.5, 0.6) is 0 Å². The smallest absolute Gasteiger partial charge is 0.229 e. The van der Waals surface area contributed by atoms with Gasteiger partial charge in [-0.3, -0.25) is 9.78 Å². The number of carbonyl (C=O) groups excluding carboxylic acids is 1. The highest BCUT2D eigenvalue weighted by Crippen LogP contribution is 2.45. The van der Waals surface area contributed by atoms with Gasteiger partial charge >= 0.3 is 0 Å². The summed E-state index contributed by atoms with van der Waals surface area (Å²) in [5.74, 6) is 0.692. The van der Waals surface area contributed by atoms with Gasteiger partial charge in [-0.25, -0.2) is 4.39 Å². The molecule has 3 fully saturated rings. The highest BCUT2D eigenvalue weighted by Gasteiger charge is 2.50. The number of nitrogens with zero attached hydrogens (tertiary/aromatic N) is 2. The summed E-state index contributed by atoms with van der Waals surface area (Å²) < 4.78 is 19.2. The predicted octanol–water partition coefficient (Wildman–Crippen LogP) is 5.73. The van der Waals surface area contributed by atoms with Crippen molar-refractivity contribution in [2.24, 2.45) is 11.3 Å². The average molecular weight is 473 g/mol. The fourth-order valence-corrected chi connectivity index (χ4v) is 6.88. The maximum atomic E-state index is 14.2. The minimum atomic E-state index is -0.434. The number of fused-ring (bicyclic) bond motifs is 3. The molecule has 6 rings (SSSR count). The Labute approximate surface area is 206 Å². The molecule has 3 aliphatic rings. The van der Waals surface area contributed by atoms with E-state index >= 15 is 0 Å². The van der Waals surface area contributed by atoms with E-state index in [4.69, 9.17) is 4.74 Å². The molecule has 0 aliphatic carbocycles. The molecule has 3 aromatic rings. The third-order valence-corrected chi connectivity index (χ3v) is 8.65. The summed E-state index contributed by atoms with van der Waals surface area (Å²) in [6.45, 7) is 1.24. The lowest BCUT2D eigenvalue weighted by Crippen LogP contribution is -2.55. The van der Waals surface area contributed by atoms with Crippen molar-refractivity contribution in [3.63, 3.8) is 0 Å². The van der Waals surface area contributed by atoms with E-state index in [9.17, 15) is 9.18 Å². The molecule has 3 aliphatic heterocycles. The number of amides is 1. The summed E-state index contributed by atoms with van der Waals surface area (Å²) >= 11 is 0. The molecular formula is C30H33FN2O2. The van der Waals surface area contributed by atoms with Gasteiger partial charge in [0.15, 0.2) is 0 Å². The zero-order valence-corrected chi connectivity index (χ0v) is 20.2. The molecule has 0 spiro atoms. The van der Waals surface area contributed by atoms with Crippen molar-refractivity contribution in [2.75, 3.05) is 13.2 Å². The molecule has 4 nitrogen and oxygen atoms in total. The maximum absolute atomic E-state index is 14.2. The van der Waals surface area contributed by atoms with Crippen molar-refractivity contribution in [3.8, 4) is 0 Å². The monoisotopic (exact) mass is 472 g/mol. The highest BCUT2D eigenvalue weighted by atomic mass is 19.1. The second kappa shape index (κ2) is 9.34. The van der Waals surface area contributed by atoms with E-state index in [1.807, 2.05) is 24.5 Å². The second-order valence-corrected chi connectivity index (χ2v) is 10.9. The van der Waals surface area contributed by atoms with Crippen LogP contribution in [-0.2, 0) is 22.4 Å². The van der Waals surface area contributed by atoms with E-state index in [0.29, 0.717) is 43.5 Å². The molecule has 35 heavy (non-hydrogen) atoms. The van der Waals surface area contributed by atoms with Crippen LogP contribution in [0.4, 0.5) is 4.39 Å². The summed E-state index contributed by atoms with van der Waals surface area (Å²) in [4.78, 5) is 20.7. The Kier molecular flexibility index (Phi) is 6.05. The molecule has 5 heteroatoms. The van der Waals surface area contributed by atoms with Crippen molar-refractivity contribution < 1.29 is 13.9 Å². The van der Waals surface area contributed by atoms with Crippen LogP contribution < -0.4 is 0 Å². The first kappa shape index (κ1) is 22.7. The van der Waals surface area contributed by atoms with Gasteiger partial charge in [0.1, 0.15) is 5.82 Å². The second-order valence-electron chi connectivity index (χ2n) is 10.9. The van der Waals surface area contributed by atoms with Crippen LogP contribution in [0, 0.1) is 17.2 Å². The van der Waals surface area contributed by atoms with Gasteiger partial charge in [0, 0.05) is 43.1 Å². The van der Waals surface area contributed by atoms with Gasteiger partial charge in [0.25, 0.3) is 0 Å². The van der Waals surface area contributed by atoms with Crippen molar-refractivity contribution in [1.82, 2.24) is 9.88 Å². The van der Waals surface area contributed by atoms with E-state index in [1.165, 1.54) is 28.5 Å². The number of aromatic nitrogens is 1. The number of ether oxygens (including phenoxy) is 1. The first-order chi connectivity index (χ1) is 17.1. The molecule has 2 bridgehead atoms. The summed E-state index contributed by atoms with van der Waals surface area (Å²) in [6.07, 6.45) is 11.4. The predicted molar refractivity (Wildman–Crippen MR) is 134 cm³/mol. The zero-order chi connectivity index (χ0) is 23.8. The normalized spacial score (nSPS) is 25.6. The third kappa shape index (κ3) is 4.47. The molecular weight excluding hydrogens is 439 g/mol. The summed E-state index contributed by atoms with van der Waals surface area (Å²) in [5.41, 5.74) is 1.98. The molecule has 0 radical (unpaired) electrons. The zero-order valence-electron chi connectivity index (χ0n) is 20.2. The molecule has 1 aromatic heterocycles. The highest BCUT2D eigenvalue weighted by molar-refractivity contribution is 5.84. The van der Waals surface area contributed by atoms with E-state index in [-0.39, 0.29) is 5.82 Å². The van der Waals surface area contributed by atoms with Crippen LogP contribution in [-0.4, -0.2) is 41.1 Å². The van der Waals surface area contributed by atoms with E-state index in [0.717, 1.165) is 50.5 Å². The number of piperidine rings is 1. The minimum absolute atomic E-state index is 0.232. The van der Waals surface area contributed by atoms with Gasteiger partial charge in [-0.05, 0) is 92.0 Å². The SMILES string of the molecule is O=C(N1C2CCC1CC(Cc1ccc3cnccc3c1)C2)C1(Cc2ccc(F)cc2)CCOCC1. The molecule has 1 amide bonds. The van der Waals surface area contributed by atoms with Crippen LogP contribution in [0.25, 0.3) is 10.8 Å². The van der Waals surface area contributed by atoms with Gasteiger partial charge in [0.2, 0.25) is 5.91 Å². The van der Waals surface area contributed by atoms with Gasteiger partial charge in [-0.15, -0.1) is 0 Å². The van der Waals surface area contributed by atoms with E-state index in [2.05, 4.69) is 34.1 Å². The Morgan fingerprint density at radius 2 is 1.69 bits per heavy atom. The molecule has 2 unspecified atom stereocenters. The lowest BCUT2D eigenvalue weighted by Gasteiger charge is -2.46. The van der Waals surface area contributed by atoms with Crippen molar-refractivity contribution in [3.05, 3.63) is 77.9 Å². The third-order valence-electron chi connectivity index (χ3n) is 8.65. The number of carbonyl (C=O) groups is 1. The quantitative estimate of drug-likeness (QED) is 0.477. The Bertz CT molecular complexity index is 1190. The Morgan fingerprint density at radius 3 is 2.43 bits per heavy atom. The van der Waals surface area contributed by atoms with Crippen molar-refractivity contribution in [2.45, 2.75) is 63.5 Å². The molecule has 2 atom stereocenters. The number of benzene rings is 2. The number of hydrogen-bond donors (Lipinski definition) is 0. The number of hydrogen-bond acceptors (Lipinski definition) is 3. The summed E-state index contributed by atoms with van der Waals surface area (Å²) in [7, 11) is 0. The largest absolute Gasteiger partial charge is 0.381 e. The van der Waals surface area contributed by atoms with Crippen LogP contribution >= 0.6 is 0 Å². The maximum Gasteiger partial charge on any atom is 0.229 e. The number of halogens is 1. The van der Waals surface area contributed by atoms with Crippen LogP contribution in [0.3, 0.4) is 0 Å². The van der Waals surface area contributed by atoms with E-state index in [1.54, 1.807) is 0 Å². The number of pyridine rings is 1. The lowest BCUT2D eigenvalue weighted by atomic mass is 9.73. The molecule has 4 heterocycles. The molecule has 0 saturated carbocycles. The molecule has 182 valence electrons. The van der Waals surface area contributed by atoms with Gasteiger partial charge < -0.3 is 9.64 Å². The summed E-state index contributed by atoms with van der Waals surface area (Å²) in [6, 6.07) is 16.2. The fraction of sp³-hybridized carbons (Fsp3) is 0.467. The van der Waals surface area contributed by atoms with Crippen LogP contribution in [0.2, 0.25) is 0 Å². The topological polar surface area (TPSA) is 42.4 Å². The Morgan fingerprint density at radius 1 is 0.971 bits per heavy atom. The van der Waals surface area contributed by atoms with Crippen LogP contribution in [0.1, 0.15) is 49.7 Å². The first-order valence-electron chi connectivity index (χ1n) is 13.1. The fourth-order valence-electron chi connectivity index (χ4n) is 6.88.